The van der Waals surface area contributed by atoms with E-state index in [2.05, 4.69) is 33.7 Å². The molecule has 6 aromatic rings. The fourth-order valence-corrected chi connectivity index (χ4v) is 5.40. The minimum Gasteiger partial charge on any atom is -0.618 e. The number of carbonyl (C=O) groups excluding carboxylic acids is 1. The first kappa shape index (κ1) is 27.1. The van der Waals surface area contributed by atoms with Crippen molar-refractivity contribution in [3.63, 3.8) is 0 Å². The highest BCUT2D eigenvalue weighted by molar-refractivity contribution is 6.31. The van der Waals surface area contributed by atoms with Crippen LogP contribution < -0.4 is 4.73 Å². The van der Waals surface area contributed by atoms with Crippen molar-refractivity contribution in [2.75, 3.05) is 0 Å². The van der Waals surface area contributed by atoms with Crippen LogP contribution >= 0.6 is 11.6 Å². The van der Waals surface area contributed by atoms with Crippen molar-refractivity contribution in [1.29, 1.82) is 0 Å². The van der Waals surface area contributed by atoms with Crippen LogP contribution in [0, 0.1) is 5.21 Å². The van der Waals surface area contributed by atoms with E-state index in [0.29, 0.717) is 34.0 Å². The average Bonchev–Trinajstić information content (AvgIpc) is 3.56. The summed E-state index contributed by atoms with van der Waals surface area (Å²) < 4.78 is 2.48. The Morgan fingerprint density at radius 2 is 1.67 bits per heavy atom. The van der Waals surface area contributed by atoms with E-state index in [1.54, 1.807) is 29.9 Å². The van der Waals surface area contributed by atoms with Crippen LogP contribution in [0.5, 0.6) is 0 Å². The van der Waals surface area contributed by atoms with Crippen LogP contribution in [-0.2, 0) is 6.42 Å². The van der Waals surface area contributed by atoms with Crippen molar-refractivity contribution in [2.24, 2.45) is 0 Å². The molecule has 206 valence electrons. The normalized spacial score (nSPS) is 11.8. The van der Waals surface area contributed by atoms with Crippen LogP contribution in [0.15, 0.2) is 122 Å². The largest absolute Gasteiger partial charge is 0.618 e. The maximum Gasteiger partial charge on any atom is 0.200 e. The lowest BCUT2D eigenvalue weighted by Gasteiger charge is -2.19. The SMILES string of the molecule is CC(=O)c1cccc(-c2cccc([C@H](Cc3ccccc3)c3ccc(-c4cc(Cl)ccc4-n4cnnn4)c[n+]3[O-])c2)c1. The summed E-state index contributed by atoms with van der Waals surface area (Å²) in [5.41, 5.74) is 7.45. The molecule has 2 aromatic heterocycles. The number of carbonyl (C=O) groups is 1. The van der Waals surface area contributed by atoms with Crippen molar-refractivity contribution >= 4 is 17.4 Å². The molecule has 0 fully saturated rings. The van der Waals surface area contributed by atoms with E-state index >= 15 is 0 Å². The van der Waals surface area contributed by atoms with Crippen molar-refractivity contribution < 1.29 is 9.52 Å². The van der Waals surface area contributed by atoms with Gasteiger partial charge in [0.1, 0.15) is 6.33 Å². The third-order valence-corrected chi connectivity index (χ3v) is 7.58. The Labute approximate surface area is 248 Å². The topological polar surface area (TPSA) is 87.6 Å². The number of hydrogen-bond acceptors (Lipinski definition) is 5. The molecule has 0 saturated heterocycles. The zero-order chi connectivity index (χ0) is 29.1. The molecule has 0 spiro atoms. The molecule has 4 aromatic carbocycles. The predicted molar refractivity (Wildman–Crippen MR) is 162 cm³/mol. The molecule has 2 heterocycles. The van der Waals surface area contributed by atoms with Crippen molar-refractivity contribution in [3.8, 4) is 27.9 Å². The monoisotopic (exact) mass is 571 g/mol. The minimum absolute atomic E-state index is 0.0189. The van der Waals surface area contributed by atoms with Gasteiger partial charge in [-0.1, -0.05) is 84.4 Å². The smallest absolute Gasteiger partial charge is 0.200 e. The lowest BCUT2D eigenvalue weighted by atomic mass is 9.86. The van der Waals surface area contributed by atoms with Crippen LogP contribution in [0.3, 0.4) is 0 Å². The second-order valence-corrected chi connectivity index (χ2v) is 10.5. The summed E-state index contributed by atoms with van der Waals surface area (Å²) in [5, 5.41) is 25.8. The first-order valence-electron chi connectivity index (χ1n) is 13.5. The predicted octanol–water partition coefficient (Wildman–Crippen LogP) is 6.86. The van der Waals surface area contributed by atoms with Gasteiger partial charge in [-0.15, -0.1) is 5.10 Å². The Hall–Kier alpha value is -5.14. The van der Waals surface area contributed by atoms with Crippen molar-refractivity contribution in [1.82, 2.24) is 20.2 Å². The Morgan fingerprint density at radius 3 is 2.40 bits per heavy atom. The number of aromatic nitrogens is 5. The molecule has 0 N–H and O–H groups in total. The van der Waals surface area contributed by atoms with E-state index in [1.807, 2.05) is 78.9 Å². The van der Waals surface area contributed by atoms with E-state index in [1.165, 1.54) is 6.33 Å². The average molecular weight is 572 g/mol. The number of Topliss-reactive ketones (excluding diaryl/α,β-unsaturated/α-hetero) is 1. The number of rotatable bonds is 8. The molecule has 0 saturated carbocycles. The number of pyridine rings is 1. The van der Waals surface area contributed by atoms with Crippen molar-refractivity contribution in [3.05, 3.63) is 154 Å². The molecule has 0 bridgehead atoms. The highest BCUT2D eigenvalue weighted by atomic mass is 35.5. The van der Waals surface area contributed by atoms with Gasteiger partial charge in [0.2, 0.25) is 5.69 Å². The fraction of sp³-hybridized carbons (Fsp3) is 0.0882. The van der Waals surface area contributed by atoms with E-state index in [0.717, 1.165) is 32.5 Å². The minimum atomic E-state index is -0.228. The molecule has 42 heavy (non-hydrogen) atoms. The van der Waals surface area contributed by atoms with Gasteiger partial charge in [-0.3, -0.25) is 4.79 Å². The van der Waals surface area contributed by atoms with Crippen LogP contribution in [0.1, 0.15) is 40.0 Å². The summed E-state index contributed by atoms with van der Waals surface area (Å²) in [5.74, 6) is -0.210. The van der Waals surface area contributed by atoms with Crippen molar-refractivity contribution in [2.45, 2.75) is 19.3 Å². The number of hydrogen-bond donors (Lipinski definition) is 0. The standard InChI is InChI=1S/C34H26ClN5O2/c1-23(41)25-9-5-10-26(18-25)27-11-6-12-28(19-27)31(17-24-7-3-2-4-8-24)34-15-13-29(21-40(34)42)32-20-30(35)14-16-33(32)39-22-36-37-38-39/h2-16,18-22,31H,17H2,1H3/t31-/m0/s1. The van der Waals surface area contributed by atoms with Gasteiger partial charge in [0, 0.05) is 27.8 Å². The zero-order valence-electron chi connectivity index (χ0n) is 22.8. The summed E-state index contributed by atoms with van der Waals surface area (Å²) in [6.07, 6.45) is 3.71. The van der Waals surface area contributed by atoms with Gasteiger partial charge in [0.25, 0.3) is 0 Å². The molecule has 0 radical (unpaired) electrons. The first-order chi connectivity index (χ1) is 20.5. The lowest BCUT2D eigenvalue weighted by Crippen LogP contribution is -2.34. The van der Waals surface area contributed by atoms with Gasteiger partial charge in [-0.2, -0.15) is 9.41 Å². The van der Waals surface area contributed by atoms with Crippen LogP contribution in [0.4, 0.5) is 0 Å². The van der Waals surface area contributed by atoms with Crippen LogP contribution in [-0.4, -0.2) is 26.0 Å². The van der Waals surface area contributed by atoms with E-state index in [-0.39, 0.29) is 11.7 Å². The zero-order valence-corrected chi connectivity index (χ0v) is 23.5. The van der Waals surface area contributed by atoms with Gasteiger partial charge in [0.05, 0.1) is 11.6 Å². The second kappa shape index (κ2) is 11.8. The molecule has 6 rings (SSSR count). The summed E-state index contributed by atoms with van der Waals surface area (Å²) >= 11 is 6.35. The second-order valence-electron chi connectivity index (χ2n) is 10.1. The first-order valence-corrected chi connectivity index (χ1v) is 13.9. The highest BCUT2D eigenvalue weighted by Gasteiger charge is 2.24. The Balaban J connectivity index is 1.43. The molecule has 8 heteroatoms. The summed E-state index contributed by atoms with van der Waals surface area (Å²) in [7, 11) is 0. The number of nitrogens with zero attached hydrogens (tertiary/aromatic N) is 5. The quantitative estimate of drug-likeness (QED) is 0.113. The third kappa shape index (κ3) is 5.68. The molecule has 7 nitrogen and oxygen atoms in total. The fourth-order valence-electron chi connectivity index (χ4n) is 5.23. The third-order valence-electron chi connectivity index (χ3n) is 7.34. The van der Waals surface area contributed by atoms with Gasteiger partial charge in [-0.05, 0) is 76.4 Å². The number of benzene rings is 4. The van der Waals surface area contributed by atoms with E-state index < -0.39 is 0 Å². The molecule has 1 atom stereocenters. The Kier molecular flexibility index (Phi) is 7.58. The molecular weight excluding hydrogens is 546 g/mol. The molecule has 0 amide bonds. The van der Waals surface area contributed by atoms with Gasteiger partial charge in [0.15, 0.2) is 12.0 Å². The van der Waals surface area contributed by atoms with Gasteiger partial charge in [-0.25, -0.2) is 0 Å². The maximum absolute atomic E-state index is 13.8. The summed E-state index contributed by atoms with van der Waals surface area (Å²) in [6.45, 7) is 1.57. The number of halogens is 1. The van der Waals surface area contributed by atoms with Gasteiger partial charge < -0.3 is 5.21 Å². The number of tetrazole rings is 1. The molecule has 0 aliphatic carbocycles. The summed E-state index contributed by atoms with van der Waals surface area (Å²) in [6, 6.07) is 35.1. The Bertz CT molecular complexity index is 1870. The van der Waals surface area contributed by atoms with Crippen LogP contribution in [0.25, 0.3) is 27.9 Å². The van der Waals surface area contributed by atoms with E-state index in [4.69, 9.17) is 11.6 Å². The number of ketones is 1. The van der Waals surface area contributed by atoms with Crippen LogP contribution in [0.2, 0.25) is 5.02 Å². The van der Waals surface area contributed by atoms with Gasteiger partial charge >= 0.3 is 0 Å². The molecule has 0 aliphatic rings. The molecular formula is C34H26ClN5O2. The highest BCUT2D eigenvalue weighted by Crippen LogP contribution is 2.33. The molecule has 0 aliphatic heterocycles. The maximum atomic E-state index is 13.8. The lowest BCUT2D eigenvalue weighted by molar-refractivity contribution is -0.614. The molecule has 0 unspecified atom stereocenters. The summed E-state index contributed by atoms with van der Waals surface area (Å²) in [4.78, 5) is 12.0. The van der Waals surface area contributed by atoms with E-state index in [9.17, 15) is 10.0 Å². The Morgan fingerprint density at radius 1 is 0.881 bits per heavy atom.